The van der Waals surface area contributed by atoms with E-state index < -0.39 is 5.91 Å². The summed E-state index contributed by atoms with van der Waals surface area (Å²) in [7, 11) is 0. The van der Waals surface area contributed by atoms with Crippen LogP contribution in [0.25, 0.3) is 10.8 Å². The van der Waals surface area contributed by atoms with Gasteiger partial charge in [0.2, 0.25) is 0 Å². The van der Waals surface area contributed by atoms with Gasteiger partial charge in [0.05, 0.1) is 16.8 Å². The number of carbonyl (C=O) groups excluding carboxylic acids is 1. The maximum atomic E-state index is 12.8. The molecule has 1 amide bonds. The number of hydrazone groups is 1. The zero-order valence-electron chi connectivity index (χ0n) is 16.1. The molecule has 0 fully saturated rings. The molecule has 0 aliphatic rings. The Balaban J connectivity index is 1.93. The van der Waals surface area contributed by atoms with E-state index in [1.807, 2.05) is 18.2 Å². The van der Waals surface area contributed by atoms with Gasteiger partial charge in [-0.1, -0.05) is 44.0 Å². The minimum atomic E-state index is -0.462. The summed E-state index contributed by atoms with van der Waals surface area (Å²) >= 11 is 0. The Hall–Kier alpha value is -3.35. The number of nitrogens with zero attached hydrogens (tertiary/aromatic N) is 4. The first-order valence-electron chi connectivity index (χ1n) is 9.37. The highest BCUT2D eigenvalue weighted by molar-refractivity contribution is 6.05. The van der Waals surface area contributed by atoms with E-state index in [9.17, 15) is 9.59 Å². The number of carbonyl (C=O) groups is 1. The zero-order chi connectivity index (χ0) is 19.9. The van der Waals surface area contributed by atoms with E-state index in [1.165, 1.54) is 4.68 Å². The molecule has 28 heavy (non-hydrogen) atoms. The fourth-order valence-corrected chi connectivity index (χ4v) is 2.89. The van der Waals surface area contributed by atoms with Crippen LogP contribution >= 0.6 is 0 Å². The lowest BCUT2D eigenvalue weighted by atomic mass is 10.1. The van der Waals surface area contributed by atoms with Crippen molar-refractivity contribution in [1.29, 1.82) is 0 Å². The third kappa shape index (κ3) is 4.31. The normalized spacial score (nSPS) is 11.6. The second-order valence-corrected chi connectivity index (χ2v) is 6.48. The van der Waals surface area contributed by atoms with Crippen LogP contribution in [0, 0.1) is 0 Å². The second-order valence-electron chi connectivity index (χ2n) is 6.48. The van der Waals surface area contributed by atoms with Gasteiger partial charge < -0.3 is 0 Å². The summed E-state index contributed by atoms with van der Waals surface area (Å²) in [4.78, 5) is 29.7. The largest absolute Gasteiger partial charge is 0.292 e. The Kier molecular flexibility index (Phi) is 6.26. The van der Waals surface area contributed by atoms with Crippen molar-refractivity contribution in [2.45, 2.75) is 39.7 Å². The van der Waals surface area contributed by atoms with Crippen LogP contribution in [0.2, 0.25) is 0 Å². The molecule has 0 unspecified atom stereocenters. The van der Waals surface area contributed by atoms with E-state index in [0.717, 1.165) is 19.3 Å². The van der Waals surface area contributed by atoms with Crippen LogP contribution in [-0.4, -0.2) is 26.4 Å². The third-order valence-corrected chi connectivity index (χ3v) is 4.42. The van der Waals surface area contributed by atoms with Gasteiger partial charge in [-0.3, -0.25) is 14.6 Å². The summed E-state index contributed by atoms with van der Waals surface area (Å²) in [6.45, 7) is 4.34. The molecule has 0 bridgehead atoms. The maximum absolute atomic E-state index is 12.8. The van der Waals surface area contributed by atoms with Crippen molar-refractivity contribution in [3.05, 3.63) is 70.4 Å². The fourth-order valence-electron chi connectivity index (χ4n) is 2.89. The molecular formula is C21H23N5O2. The summed E-state index contributed by atoms with van der Waals surface area (Å²) in [6.07, 6.45) is 4.53. The number of rotatable bonds is 7. The van der Waals surface area contributed by atoms with Gasteiger partial charge in [-0.15, -0.1) is 0 Å². The predicted molar refractivity (Wildman–Crippen MR) is 109 cm³/mol. The molecular weight excluding hydrogens is 354 g/mol. The number of unbranched alkanes of at least 4 members (excludes halogenated alkanes) is 2. The molecule has 2 heterocycles. The van der Waals surface area contributed by atoms with Crippen molar-refractivity contribution in [1.82, 2.24) is 20.2 Å². The summed E-state index contributed by atoms with van der Waals surface area (Å²) in [5.74, 6) is -0.462. The van der Waals surface area contributed by atoms with E-state index >= 15 is 0 Å². The second kappa shape index (κ2) is 9.03. The quantitative estimate of drug-likeness (QED) is 0.389. The highest BCUT2D eigenvalue weighted by Crippen LogP contribution is 2.13. The Bertz CT molecular complexity index is 1060. The number of benzene rings is 1. The first-order valence-corrected chi connectivity index (χ1v) is 9.37. The lowest BCUT2D eigenvalue weighted by molar-refractivity contribution is 0.0949. The van der Waals surface area contributed by atoms with Crippen molar-refractivity contribution >= 4 is 22.4 Å². The zero-order valence-corrected chi connectivity index (χ0v) is 16.1. The van der Waals surface area contributed by atoms with Crippen LogP contribution in [0.15, 0.2) is 58.6 Å². The number of nitrogens with one attached hydrogen (secondary N) is 1. The average Bonchev–Trinajstić information content (AvgIpc) is 2.74. The number of hydrogen-bond donors (Lipinski definition) is 1. The highest BCUT2D eigenvalue weighted by Gasteiger charge is 2.16. The van der Waals surface area contributed by atoms with Crippen LogP contribution in [0.1, 0.15) is 49.3 Å². The van der Waals surface area contributed by atoms with E-state index in [1.54, 1.807) is 37.4 Å². The molecule has 7 heteroatoms. The van der Waals surface area contributed by atoms with E-state index in [2.05, 4.69) is 27.5 Å². The number of hydrogen-bond acceptors (Lipinski definition) is 5. The number of aryl methyl sites for hydroxylation is 1. The van der Waals surface area contributed by atoms with Crippen LogP contribution in [-0.2, 0) is 6.54 Å². The molecule has 144 valence electrons. The molecule has 0 atom stereocenters. The maximum Gasteiger partial charge on any atom is 0.292 e. The van der Waals surface area contributed by atoms with Gasteiger partial charge in [0.15, 0.2) is 5.69 Å². The minimum Gasteiger partial charge on any atom is -0.267 e. The van der Waals surface area contributed by atoms with Gasteiger partial charge in [-0.25, -0.2) is 10.1 Å². The van der Waals surface area contributed by atoms with Crippen molar-refractivity contribution in [3.8, 4) is 0 Å². The van der Waals surface area contributed by atoms with Crippen LogP contribution in [0.4, 0.5) is 0 Å². The molecule has 3 rings (SSSR count). The van der Waals surface area contributed by atoms with E-state index in [4.69, 9.17) is 0 Å². The van der Waals surface area contributed by atoms with Crippen molar-refractivity contribution in [3.63, 3.8) is 0 Å². The van der Waals surface area contributed by atoms with Gasteiger partial charge in [0, 0.05) is 18.1 Å². The third-order valence-electron chi connectivity index (χ3n) is 4.42. The highest BCUT2D eigenvalue weighted by atomic mass is 16.2. The molecule has 3 aromatic rings. The van der Waals surface area contributed by atoms with Gasteiger partial charge in [0.25, 0.3) is 11.5 Å². The van der Waals surface area contributed by atoms with Crippen LogP contribution < -0.4 is 11.0 Å². The topological polar surface area (TPSA) is 89.2 Å². The molecule has 0 saturated heterocycles. The minimum absolute atomic E-state index is 0.184. The van der Waals surface area contributed by atoms with Crippen LogP contribution in [0.3, 0.4) is 0 Å². The van der Waals surface area contributed by atoms with Gasteiger partial charge >= 0.3 is 0 Å². The molecule has 0 spiro atoms. The number of amides is 1. The van der Waals surface area contributed by atoms with Gasteiger partial charge in [0.1, 0.15) is 0 Å². The average molecular weight is 377 g/mol. The Morgan fingerprint density at radius 2 is 1.86 bits per heavy atom. The molecule has 0 radical (unpaired) electrons. The summed E-state index contributed by atoms with van der Waals surface area (Å²) < 4.78 is 1.38. The number of fused-ring (bicyclic) bond motifs is 1. The number of aromatic nitrogens is 3. The summed E-state index contributed by atoms with van der Waals surface area (Å²) in [5, 5.41) is 9.45. The first-order chi connectivity index (χ1) is 13.6. The Morgan fingerprint density at radius 1 is 1.11 bits per heavy atom. The van der Waals surface area contributed by atoms with Gasteiger partial charge in [-0.2, -0.15) is 10.2 Å². The van der Waals surface area contributed by atoms with E-state index in [0.29, 0.717) is 28.7 Å². The fraction of sp³-hybridized carbons (Fsp3) is 0.286. The molecule has 1 N–H and O–H groups in total. The van der Waals surface area contributed by atoms with Crippen LogP contribution in [0.5, 0.6) is 0 Å². The molecule has 0 aliphatic heterocycles. The van der Waals surface area contributed by atoms with Gasteiger partial charge in [-0.05, 0) is 31.5 Å². The smallest absolute Gasteiger partial charge is 0.267 e. The van der Waals surface area contributed by atoms with E-state index in [-0.39, 0.29) is 11.3 Å². The molecule has 2 aromatic heterocycles. The number of pyridine rings is 1. The standard InChI is InChI=1S/C21H23N5O2/c1-3-4-9-14-26-21(28)17-11-6-5-10-16(17)19(25-26)20(27)24-23-15(2)18-12-7-8-13-22-18/h5-8,10-13H,3-4,9,14H2,1-2H3,(H,24,27)/b23-15-. The monoisotopic (exact) mass is 377 g/mol. The Morgan fingerprint density at radius 3 is 2.57 bits per heavy atom. The SMILES string of the molecule is CCCCCn1nc(C(=O)N/N=C(/C)c2ccccn2)c2ccccc2c1=O. The lowest BCUT2D eigenvalue weighted by Crippen LogP contribution is -2.29. The Labute approximate surface area is 163 Å². The van der Waals surface area contributed by atoms with Crippen molar-refractivity contribution in [2.75, 3.05) is 0 Å². The van der Waals surface area contributed by atoms with Crippen molar-refractivity contribution in [2.24, 2.45) is 5.10 Å². The molecule has 1 aromatic carbocycles. The summed E-state index contributed by atoms with van der Waals surface area (Å²) in [6, 6.07) is 12.5. The lowest BCUT2D eigenvalue weighted by Gasteiger charge is -2.10. The first kappa shape index (κ1) is 19.4. The van der Waals surface area contributed by atoms with Crippen molar-refractivity contribution < 1.29 is 4.79 Å². The molecule has 0 saturated carbocycles. The predicted octanol–water partition coefficient (Wildman–Crippen LogP) is 3.14. The molecule has 7 nitrogen and oxygen atoms in total. The molecule has 0 aliphatic carbocycles. The summed E-state index contributed by atoms with van der Waals surface area (Å²) in [5.41, 5.74) is 3.78.